The van der Waals surface area contributed by atoms with Gasteiger partial charge in [-0.1, -0.05) is 0 Å². The summed E-state index contributed by atoms with van der Waals surface area (Å²) in [7, 11) is 1.34. The molecule has 1 saturated heterocycles. The Bertz CT molecular complexity index is 848. The SMILES string of the molecule is COc1ncc(-c2nc(OCC3CCCCO3)ccc2F)cc1NSCC(F)(F)F. The maximum atomic E-state index is 14.4. The van der Waals surface area contributed by atoms with Gasteiger partial charge in [0.05, 0.1) is 13.2 Å². The number of hydrogen-bond donors (Lipinski definition) is 1. The Hall–Kier alpha value is -2.27. The number of ether oxygens (including phenoxy) is 3. The van der Waals surface area contributed by atoms with E-state index in [1.807, 2.05) is 0 Å². The number of rotatable bonds is 8. The Kier molecular flexibility index (Phi) is 7.59. The normalized spacial score (nSPS) is 16.9. The fourth-order valence-corrected chi connectivity index (χ4v) is 3.37. The lowest BCUT2D eigenvalue weighted by Crippen LogP contribution is -2.26. The Morgan fingerprint density at radius 3 is 2.83 bits per heavy atom. The van der Waals surface area contributed by atoms with Gasteiger partial charge in [-0.15, -0.1) is 0 Å². The van der Waals surface area contributed by atoms with E-state index in [-0.39, 0.29) is 34.8 Å². The molecule has 3 heterocycles. The number of hydrogen-bond acceptors (Lipinski definition) is 7. The third-order valence-electron chi connectivity index (χ3n) is 4.25. The van der Waals surface area contributed by atoms with Crippen LogP contribution in [0.3, 0.4) is 0 Å². The molecule has 1 aliphatic heterocycles. The zero-order valence-corrected chi connectivity index (χ0v) is 17.0. The molecule has 6 nitrogen and oxygen atoms in total. The largest absolute Gasteiger partial charge is 0.480 e. The molecule has 0 amide bonds. The third-order valence-corrected chi connectivity index (χ3v) is 5.08. The van der Waals surface area contributed by atoms with Crippen molar-refractivity contribution in [1.29, 1.82) is 0 Å². The van der Waals surface area contributed by atoms with E-state index in [0.717, 1.165) is 19.3 Å². The van der Waals surface area contributed by atoms with Crippen LogP contribution >= 0.6 is 11.9 Å². The minimum atomic E-state index is -4.34. The van der Waals surface area contributed by atoms with Crippen LogP contribution in [0.25, 0.3) is 11.3 Å². The van der Waals surface area contributed by atoms with Crippen LogP contribution in [0.15, 0.2) is 24.4 Å². The second kappa shape index (κ2) is 10.2. The monoisotopic (exact) mass is 447 g/mol. The molecule has 0 saturated carbocycles. The van der Waals surface area contributed by atoms with Gasteiger partial charge in [0.1, 0.15) is 29.6 Å². The fourth-order valence-electron chi connectivity index (χ4n) is 2.84. The van der Waals surface area contributed by atoms with E-state index in [0.29, 0.717) is 25.2 Å². The summed E-state index contributed by atoms with van der Waals surface area (Å²) in [5, 5.41) is 0. The number of methoxy groups -OCH3 is 1. The molecule has 1 aliphatic rings. The van der Waals surface area contributed by atoms with E-state index in [9.17, 15) is 17.6 Å². The summed E-state index contributed by atoms with van der Waals surface area (Å²) in [6, 6.07) is 4.06. The van der Waals surface area contributed by atoms with Crippen LogP contribution in [-0.2, 0) is 4.74 Å². The van der Waals surface area contributed by atoms with Crippen molar-refractivity contribution in [3.63, 3.8) is 0 Å². The summed E-state index contributed by atoms with van der Waals surface area (Å²) in [6.45, 7) is 0.996. The first-order valence-corrected chi connectivity index (χ1v) is 10.2. The first-order valence-electron chi connectivity index (χ1n) is 9.25. The summed E-state index contributed by atoms with van der Waals surface area (Å²) >= 11 is 0.430. The predicted molar refractivity (Wildman–Crippen MR) is 105 cm³/mol. The van der Waals surface area contributed by atoms with Crippen LogP contribution in [0.1, 0.15) is 19.3 Å². The number of alkyl halides is 3. The van der Waals surface area contributed by atoms with Gasteiger partial charge in [-0.3, -0.25) is 0 Å². The molecule has 0 bridgehead atoms. The highest BCUT2D eigenvalue weighted by Crippen LogP contribution is 2.32. The highest BCUT2D eigenvalue weighted by atomic mass is 32.2. The van der Waals surface area contributed by atoms with E-state index in [1.165, 1.54) is 31.5 Å². The van der Waals surface area contributed by atoms with Gasteiger partial charge in [0.2, 0.25) is 11.8 Å². The summed E-state index contributed by atoms with van der Waals surface area (Å²) < 4.78 is 70.4. The molecule has 1 fully saturated rings. The lowest BCUT2D eigenvalue weighted by Gasteiger charge is -2.22. The van der Waals surface area contributed by atoms with Crippen molar-refractivity contribution in [3.05, 3.63) is 30.2 Å². The fraction of sp³-hybridized carbons (Fsp3) is 0.474. The smallest absolute Gasteiger partial charge is 0.399 e. The number of anilines is 1. The van der Waals surface area contributed by atoms with Crippen molar-refractivity contribution in [3.8, 4) is 23.0 Å². The quantitative estimate of drug-likeness (QED) is 0.458. The molecule has 3 rings (SSSR count). The lowest BCUT2D eigenvalue weighted by molar-refractivity contribution is -0.105. The molecule has 0 aromatic carbocycles. The van der Waals surface area contributed by atoms with Crippen molar-refractivity contribution in [1.82, 2.24) is 9.97 Å². The van der Waals surface area contributed by atoms with Gasteiger partial charge < -0.3 is 18.9 Å². The van der Waals surface area contributed by atoms with Crippen LogP contribution in [-0.4, -0.2) is 48.3 Å². The minimum absolute atomic E-state index is 0.0295. The van der Waals surface area contributed by atoms with Crippen molar-refractivity contribution >= 4 is 17.6 Å². The van der Waals surface area contributed by atoms with E-state index >= 15 is 0 Å². The van der Waals surface area contributed by atoms with Crippen molar-refractivity contribution in [2.75, 3.05) is 30.8 Å². The topological polar surface area (TPSA) is 65.5 Å². The van der Waals surface area contributed by atoms with Gasteiger partial charge in [0.15, 0.2) is 0 Å². The standard InChI is InChI=1S/C19H21F4N3O3S/c1-27-18-15(26-30-11-19(21,22)23)8-12(9-24-18)17-14(20)5-6-16(25-17)29-10-13-4-2-3-7-28-13/h5-6,8-9,13,26H,2-4,7,10-11H2,1H3. The Morgan fingerprint density at radius 2 is 2.13 bits per heavy atom. The van der Waals surface area contributed by atoms with E-state index in [1.54, 1.807) is 0 Å². The Balaban J connectivity index is 1.75. The van der Waals surface area contributed by atoms with Gasteiger partial charge in [-0.2, -0.15) is 13.2 Å². The van der Waals surface area contributed by atoms with Crippen LogP contribution < -0.4 is 14.2 Å². The first kappa shape index (κ1) is 22.4. The molecule has 0 radical (unpaired) electrons. The van der Waals surface area contributed by atoms with Gasteiger partial charge in [-0.25, -0.2) is 14.4 Å². The van der Waals surface area contributed by atoms with E-state index in [4.69, 9.17) is 14.2 Å². The van der Waals surface area contributed by atoms with Crippen molar-refractivity contribution < 1.29 is 31.8 Å². The maximum absolute atomic E-state index is 14.4. The van der Waals surface area contributed by atoms with Gasteiger partial charge in [0.25, 0.3) is 0 Å². The maximum Gasteiger partial charge on any atom is 0.399 e. The molecule has 2 aromatic rings. The predicted octanol–water partition coefficient (Wildman–Crippen LogP) is 4.86. The van der Waals surface area contributed by atoms with E-state index < -0.39 is 17.7 Å². The van der Waals surface area contributed by atoms with Gasteiger partial charge in [0, 0.05) is 24.4 Å². The first-order chi connectivity index (χ1) is 14.4. The summed E-state index contributed by atoms with van der Waals surface area (Å²) in [5.41, 5.74) is 0.409. The van der Waals surface area contributed by atoms with Gasteiger partial charge in [-0.05, 0) is 43.3 Å². The molecule has 2 aromatic heterocycles. The van der Waals surface area contributed by atoms with Crippen LogP contribution in [0.5, 0.6) is 11.8 Å². The zero-order chi connectivity index (χ0) is 21.6. The molecule has 0 spiro atoms. The van der Waals surface area contributed by atoms with Crippen LogP contribution in [0.4, 0.5) is 23.2 Å². The third kappa shape index (κ3) is 6.36. The molecule has 0 aliphatic carbocycles. The second-order valence-corrected chi connectivity index (χ2v) is 7.35. The second-order valence-electron chi connectivity index (χ2n) is 6.57. The molecule has 1 atom stereocenters. The van der Waals surface area contributed by atoms with Gasteiger partial charge >= 0.3 is 6.18 Å². The molecule has 11 heteroatoms. The number of nitrogens with one attached hydrogen (secondary N) is 1. The molecular weight excluding hydrogens is 426 g/mol. The Morgan fingerprint density at radius 1 is 1.30 bits per heavy atom. The number of pyridine rings is 2. The zero-order valence-electron chi connectivity index (χ0n) is 16.2. The van der Waals surface area contributed by atoms with Crippen LogP contribution in [0, 0.1) is 5.82 Å². The summed E-state index contributed by atoms with van der Waals surface area (Å²) in [5.74, 6) is -1.43. The highest BCUT2D eigenvalue weighted by molar-refractivity contribution is 8.00. The van der Waals surface area contributed by atoms with E-state index in [2.05, 4.69) is 14.7 Å². The van der Waals surface area contributed by atoms with Crippen molar-refractivity contribution in [2.24, 2.45) is 0 Å². The highest BCUT2D eigenvalue weighted by Gasteiger charge is 2.27. The molecule has 1 unspecified atom stereocenters. The average molecular weight is 447 g/mol. The minimum Gasteiger partial charge on any atom is -0.480 e. The summed E-state index contributed by atoms with van der Waals surface area (Å²) in [6.07, 6.45) is -0.0537. The van der Waals surface area contributed by atoms with Crippen LogP contribution in [0.2, 0.25) is 0 Å². The molecule has 164 valence electrons. The summed E-state index contributed by atoms with van der Waals surface area (Å²) in [4.78, 5) is 8.23. The number of nitrogens with zero attached hydrogens (tertiary/aromatic N) is 2. The lowest BCUT2D eigenvalue weighted by atomic mass is 10.1. The average Bonchev–Trinajstić information content (AvgIpc) is 2.73. The number of halogens is 4. The molecule has 1 N–H and O–H groups in total. The molecular formula is C19H21F4N3O3S. The number of aromatic nitrogens is 2. The Labute approximate surface area is 175 Å². The molecule has 30 heavy (non-hydrogen) atoms. The van der Waals surface area contributed by atoms with Crippen molar-refractivity contribution in [2.45, 2.75) is 31.5 Å².